The number of hydrogen-bond donors (Lipinski definition) is 2. The van der Waals surface area contributed by atoms with Crippen LogP contribution >= 0.6 is 0 Å². The van der Waals surface area contributed by atoms with E-state index in [-0.39, 0.29) is 0 Å². The smallest absolute Gasteiger partial charge is 0.122 e. The first-order valence-electron chi connectivity index (χ1n) is 6.71. The highest BCUT2D eigenvalue weighted by atomic mass is 16.5. The zero-order valence-corrected chi connectivity index (χ0v) is 10.8. The van der Waals surface area contributed by atoms with Gasteiger partial charge in [0.05, 0.1) is 0 Å². The van der Waals surface area contributed by atoms with Crippen LogP contribution in [-0.2, 0) is 4.74 Å². The molecule has 0 saturated carbocycles. The van der Waals surface area contributed by atoms with Crippen LogP contribution in [0.2, 0.25) is 0 Å². The Morgan fingerprint density at radius 2 is 2.11 bits per heavy atom. The minimum Gasteiger partial charge on any atom is -0.381 e. The molecule has 0 unspecified atom stereocenters. The van der Waals surface area contributed by atoms with E-state index in [1.165, 1.54) is 0 Å². The van der Waals surface area contributed by atoms with Gasteiger partial charge >= 0.3 is 0 Å². The predicted octanol–water partition coefficient (Wildman–Crippen LogP) is 2.88. The molecule has 1 fully saturated rings. The second kappa shape index (κ2) is 5.33. The first-order chi connectivity index (χ1) is 9.38. The molecule has 1 aliphatic heterocycles. The summed E-state index contributed by atoms with van der Waals surface area (Å²) in [7, 11) is 0. The third-order valence-corrected chi connectivity index (χ3v) is 3.73. The van der Waals surface area contributed by atoms with Gasteiger partial charge in [0.1, 0.15) is 17.5 Å². The van der Waals surface area contributed by atoms with E-state index in [0.717, 1.165) is 49.3 Å². The maximum Gasteiger partial charge on any atom is 0.122 e. The zero-order chi connectivity index (χ0) is 13.1. The van der Waals surface area contributed by atoms with Crippen molar-refractivity contribution >= 4 is 16.7 Å². The number of rotatable bonds is 3. The van der Waals surface area contributed by atoms with E-state index in [1.807, 2.05) is 24.3 Å². The van der Waals surface area contributed by atoms with Gasteiger partial charge in [-0.3, -0.25) is 0 Å². The molecular formula is C15H17N3O. The van der Waals surface area contributed by atoms with Gasteiger partial charge in [-0.15, -0.1) is 0 Å². The van der Waals surface area contributed by atoms with E-state index >= 15 is 0 Å². The Kier molecular flexibility index (Phi) is 3.39. The molecule has 3 rings (SSSR count). The number of aromatic amines is 1. The average molecular weight is 255 g/mol. The summed E-state index contributed by atoms with van der Waals surface area (Å²) in [6, 6.07) is 10.2. The zero-order valence-electron chi connectivity index (χ0n) is 10.8. The number of nitrogens with zero attached hydrogens (tertiary/aromatic N) is 1. The quantitative estimate of drug-likeness (QED) is 0.886. The predicted molar refractivity (Wildman–Crippen MR) is 75.0 cm³/mol. The Hall–Kier alpha value is -1.99. The number of nitrogens with one attached hydrogen (secondary N) is 2. The SMILES string of the molecule is N#Cc1c(NCC2CCOCC2)[nH]c2ccccc12. The van der Waals surface area contributed by atoms with Crippen LogP contribution in [-0.4, -0.2) is 24.7 Å². The van der Waals surface area contributed by atoms with Gasteiger partial charge in [-0.1, -0.05) is 18.2 Å². The number of H-pyrrole nitrogens is 1. The summed E-state index contributed by atoms with van der Waals surface area (Å²) in [6.45, 7) is 2.60. The van der Waals surface area contributed by atoms with Crippen molar-refractivity contribution in [2.75, 3.05) is 25.1 Å². The molecule has 98 valence electrons. The highest BCUT2D eigenvalue weighted by molar-refractivity contribution is 5.91. The lowest BCUT2D eigenvalue weighted by Gasteiger charge is -2.22. The van der Waals surface area contributed by atoms with Crippen LogP contribution in [0.3, 0.4) is 0 Å². The van der Waals surface area contributed by atoms with Crippen LogP contribution in [0.25, 0.3) is 10.9 Å². The van der Waals surface area contributed by atoms with Gasteiger partial charge in [0.25, 0.3) is 0 Å². The van der Waals surface area contributed by atoms with Crippen molar-refractivity contribution in [2.24, 2.45) is 5.92 Å². The second-order valence-electron chi connectivity index (χ2n) is 4.97. The molecule has 19 heavy (non-hydrogen) atoms. The molecule has 1 aliphatic rings. The van der Waals surface area contributed by atoms with Crippen LogP contribution < -0.4 is 5.32 Å². The number of aromatic nitrogens is 1. The van der Waals surface area contributed by atoms with Gasteiger partial charge in [0.15, 0.2) is 0 Å². The molecule has 2 aromatic rings. The molecule has 1 aromatic heterocycles. The lowest BCUT2D eigenvalue weighted by molar-refractivity contribution is 0.0699. The topological polar surface area (TPSA) is 60.8 Å². The van der Waals surface area contributed by atoms with Crippen molar-refractivity contribution in [3.63, 3.8) is 0 Å². The summed E-state index contributed by atoms with van der Waals surface area (Å²) < 4.78 is 5.36. The minimum absolute atomic E-state index is 0.631. The molecule has 4 nitrogen and oxygen atoms in total. The van der Waals surface area contributed by atoms with E-state index < -0.39 is 0 Å². The summed E-state index contributed by atoms with van der Waals surface area (Å²) in [6.07, 6.45) is 2.18. The Bertz CT molecular complexity index is 605. The molecule has 0 amide bonds. The highest BCUT2D eigenvalue weighted by Gasteiger charge is 2.15. The van der Waals surface area contributed by atoms with E-state index in [4.69, 9.17) is 4.74 Å². The normalized spacial score (nSPS) is 16.4. The Balaban J connectivity index is 1.78. The molecule has 0 atom stereocenters. The van der Waals surface area contributed by atoms with Gasteiger partial charge < -0.3 is 15.0 Å². The molecule has 0 aliphatic carbocycles. The van der Waals surface area contributed by atoms with Crippen molar-refractivity contribution in [3.05, 3.63) is 29.8 Å². The minimum atomic E-state index is 0.631. The van der Waals surface area contributed by atoms with Crippen molar-refractivity contribution in [1.82, 2.24) is 4.98 Å². The summed E-state index contributed by atoms with van der Waals surface area (Å²) in [5, 5.41) is 13.7. The lowest BCUT2D eigenvalue weighted by atomic mass is 10.0. The van der Waals surface area contributed by atoms with Crippen LogP contribution in [0.5, 0.6) is 0 Å². The Labute approximate surface area is 112 Å². The number of benzene rings is 1. The van der Waals surface area contributed by atoms with Gasteiger partial charge in [0, 0.05) is 30.7 Å². The van der Waals surface area contributed by atoms with E-state index in [0.29, 0.717) is 11.5 Å². The van der Waals surface area contributed by atoms with Gasteiger partial charge in [0.2, 0.25) is 0 Å². The van der Waals surface area contributed by atoms with Crippen LogP contribution in [0.15, 0.2) is 24.3 Å². The molecule has 2 N–H and O–H groups in total. The molecule has 1 saturated heterocycles. The summed E-state index contributed by atoms with van der Waals surface area (Å²) >= 11 is 0. The highest BCUT2D eigenvalue weighted by Crippen LogP contribution is 2.26. The molecule has 0 radical (unpaired) electrons. The summed E-state index contributed by atoms with van der Waals surface area (Å²) in [5.74, 6) is 1.47. The van der Waals surface area contributed by atoms with Gasteiger partial charge in [-0.2, -0.15) is 5.26 Å². The third kappa shape index (κ3) is 2.42. The maximum atomic E-state index is 9.31. The number of para-hydroxylation sites is 1. The first-order valence-corrected chi connectivity index (χ1v) is 6.71. The fourth-order valence-electron chi connectivity index (χ4n) is 2.59. The number of fused-ring (bicyclic) bond motifs is 1. The van der Waals surface area contributed by atoms with Crippen molar-refractivity contribution in [2.45, 2.75) is 12.8 Å². The Morgan fingerprint density at radius 3 is 2.89 bits per heavy atom. The largest absolute Gasteiger partial charge is 0.381 e. The fourth-order valence-corrected chi connectivity index (χ4v) is 2.59. The standard InChI is InChI=1S/C15H17N3O/c16-9-13-12-3-1-2-4-14(12)18-15(13)17-10-11-5-7-19-8-6-11/h1-4,11,17-18H,5-8,10H2. The van der Waals surface area contributed by atoms with Crippen LogP contribution in [0.1, 0.15) is 18.4 Å². The van der Waals surface area contributed by atoms with Crippen LogP contribution in [0.4, 0.5) is 5.82 Å². The molecular weight excluding hydrogens is 238 g/mol. The molecule has 0 spiro atoms. The van der Waals surface area contributed by atoms with Crippen LogP contribution in [0, 0.1) is 17.2 Å². The number of ether oxygens (including phenoxy) is 1. The molecule has 1 aromatic carbocycles. The lowest BCUT2D eigenvalue weighted by Crippen LogP contribution is -2.22. The number of nitriles is 1. The van der Waals surface area contributed by atoms with Gasteiger partial charge in [-0.05, 0) is 24.8 Å². The van der Waals surface area contributed by atoms with Gasteiger partial charge in [-0.25, -0.2) is 0 Å². The number of hydrogen-bond acceptors (Lipinski definition) is 3. The maximum absolute atomic E-state index is 9.31. The molecule has 2 heterocycles. The number of anilines is 1. The van der Waals surface area contributed by atoms with Crippen molar-refractivity contribution in [1.29, 1.82) is 5.26 Å². The van der Waals surface area contributed by atoms with Crippen molar-refractivity contribution in [3.8, 4) is 6.07 Å². The molecule has 0 bridgehead atoms. The van der Waals surface area contributed by atoms with E-state index in [9.17, 15) is 5.26 Å². The summed E-state index contributed by atoms with van der Waals surface area (Å²) in [5.41, 5.74) is 1.72. The Morgan fingerprint density at radius 1 is 1.32 bits per heavy atom. The first kappa shape index (κ1) is 12.1. The summed E-state index contributed by atoms with van der Waals surface area (Å²) in [4.78, 5) is 3.29. The monoisotopic (exact) mass is 255 g/mol. The van der Waals surface area contributed by atoms with Crippen molar-refractivity contribution < 1.29 is 4.74 Å². The average Bonchev–Trinajstić information content (AvgIpc) is 2.83. The van der Waals surface area contributed by atoms with E-state index in [2.05, 4.69) is 16.4 Å². The second-order valence-corrected chi connectivity index (χ2v) is 4.97. The third-order valence-electron chi connectivity index (χ3n) is 3.73. The molecule has 4 heteroatoms. The van der Waals surface area contributed by atoms with E-state index in [1.54, 1.807) is 0 Å². The fraction of sp³-hybridized carbons (Fsp3) is 0.400.